The number of carboxylic acid groups (broad SMARTS) is 1. The summed E-state index contributed by atoms with van der Waals surface area (Å²) in [4.78, 5) is 14.5. The van der Waals surface area contributed by atoms with Crippen LogP contribution in [0, 0.1) is 0 Å². The summed E-state index contributed by atoms with van der Waals surface area (Å²) in [5.74, 6) is -0.248. The van der Waals surface area contributed by atoms with Gasteiger partial charge in [0.15, 0.2) is 5.90 Å². The highest BCUT2D eigenvalue weighted by Crippen LogP contribution is 1.97. The fourth-order valence-corrected chi connectivity index (χ4v) is 1.02. The molecule has 1 aliphatic heterocycles. The number of hydrogen-bond acceptors (Lipinski definition) is 4. The van der Waals surface area contributed by atoms with E-state index in [-0.39, 0.29) is 6.54 Å². The number of carboxylic acids is 1. The van der Waals surface area contributed by atoms with Gasteiger partial charge in [-0.25, -0.2) is 0 Å². The fraction of sp³-hybridized carbons (Fsp3) is 0.714. The molecule has 0 aromatic rings. The minimum absolute atomic E-state index is 0.249. The van der Waals surface area contributed by atoms with Gasteiger partial charge in [-0.3, -0.25) is 9.79 Å². The number of methoxy groups -OCH3 is 1. The Bertz CT molecular complexity index is 203. The molecule has 68 valence electrons. The maximum absolute atomic E-state index is 10.5. The molecule has 1 aliphatic rings. The van der Waals surface area contributed by atoms with E-state index in [0.717, 1.165) is 0 Å². The van der Waals surface area contributed by atoms with Crippen LogP contribution in [-0.2, 0) is 9.53 Å². The van der Waals surface area contributed by atoms with Crippen LogP contribution in [-0.4, -0.2) is 43.2 Å². The van der Waals surface area contributed by atoms with E-state index in [1.807, 2.05) is 0 Å². The van der Waals surface area contributed by atoms with Crippen LogP contribution in [0.4, 0.5) is 0 Å². The van der Waals surface area contributed by atoms with Crippen LogP contribution < -0.4 is 5.32 Å². The van der Waals surface area contributed by atoms with Crippen molar-refractivity contribution in [2.75, 3.05) is 20.2 Å². The summed E-state index contributed by atoms with van der Waals surface area (Å²) in [6, 6.07) is -0.572. The van der Waals surface area contributed by atoms with Gasteiger partial charge in [-0.05, 0) is 0 Å². The summed E-state index contributed by atoms with van der Waals surface area (Å²) >= 11 is 0. The van der Waals surface area contributed by atoms with E-state index in [4.69, 9.17) is 9.84 Å². The molecule has 0 fully saturated rings. The molecule has 0 saturated heterocycles. The van der Waals surface area contributed by atoms with E-state index in [0.29, 0.717) is 18.9 Å². The number of nitrogens with zero attached hydrogens (tertiary/aromatic N) is 1. The minimum atomic E-state index is -0.865. The smallest absolute Gasteiger partial charge is 0.322 e. The Labute approximate surface area is 70.4 Å². The van der Waals surface area contributed by atoms with Gasteiger partial charge >= 0.3 is 5.97 Å². The normalized spacial score (nSPS) is 24.1. The van der Waals surface area contributed by atoms with Crippen molar-refractivity contribution >= 4 is 11.9 Å². The predicted molar refractivity (Wildman–Crippen MR) is 43.4 cm³/mol. The van der Waals surface area contributed by atoms with E-state index in [1.165, 1.54) is 0 Å². The largest absolute Gasteiger partial charge is 0.484 e. The molecule has 0 bridgehead atoms. The molecule has 0 aromatic heterocycles. The summed E-state index contributed by atoms with van der Waals surface area (Å²) in [5.41, 5.74) is 0. The van der Waals surface area contributed by atoms with Crippen molar-refractivity contribution in [3.63, 3.8) is 0 Å². The van der Waals surface area contributed by atoms with Gasteiger partial charge in [0.2, 0.25) is 0 Å². The predicted octanol–water partition coefficient (Wildman–Crippen LogP) is -0.522. The van der Waals surface area contributed by atoms with E-state index in [9.17, 15) is 4.79 Å². The SMILES string of the molecule is COC1=NCC(C(=O)O)NCC1. The van der Waals surface area contributed by atoms with Crippen LogP contribution in [0.25, 0.3) is 0 Å². The van der Waals surface area contributed by atoms with Gasteiger partial charge in [0.1, 0.15) is 6.04 Å². The molecule has 5 nitrogen and oxygen atoms in total. The zero-order valence-corrected chi connectivity index (χ0v) is 6.91. The van der Waals surface area contributed by atoms with Crippen molar-refractivity contribution in [1.29, 1.82) is 0 Å². The molecule has 2 N–H and O–H groups in total. The highest BCUT2D eigenvalue weighted by atomic mass is 16.5. The first-order chi connectivity index (χ1) is 5.74. The van der Waals surface area contributed by atoms with E-state index >= 15 is 0 Å². The second-order valence-corrected chi connectivity index (χ2v) is 2.53. The van der Waals surface area contributed by atoms with E-state index in [1.54, 1.807) is 7.11 Å². The second kappa shape index (κ2) is 4.06. The van der Waals surface area contributed by atoms with Crippen molar-refractivity contribution in [1.82, 2.24) is 5.32 Å². The van der Waals surface area contributed by atoms with Gasteiger partial charge in [0, 0.05) is 13.0 Å². The van der Waals surface area contributed by atoms with Gasteiger partial charge in [-0.2, -0.15) is 0 Å². The lowest BCUT2D eigenvalue weighted by Gasteiger charge is -2.06. The Morgan fingerprint density at radius 3 is 3.17 bits per heavy atom. The van der Waals surface area contributed by atoms with Gasteiger partial charge in [-0.1, -0.05) is 0 Å². The van der Waals surface area contributed by atoms with Crippen molar-refractivity contribution in [3.05, 3.63) is 0 Å². The number of carbonyl (C=O) groups is 1. The maximum atomic E-state index is 10.5. The lowest BCUT2D eigenvalue weighted by molar-refractivity contribution is -0.139. The van der Waals surface area contributed by atoms with Crippen LogP contribution in [0.1, 0.15) is 6.42 Å². The van der Waals surface area contributed by atoms with Gasteiger partial charge < -0.3 is 15.2 Å². The number of ether oxygens (including phenoxy) is 1. The van der Waals surface area contributed by atoms with Gasteiger partial charge in [-0.15, -0.1) is 0 Å². The first-order valence-corrected chi connectivity index (χ1v) is 3.77. The summed E-state index contributed by atoms with van der Waals surface area (Å²) in [7, 11) is 1.54. The highest BCUT2D eigenvalue weighted by Gasteiger charge is 2.19. The molecule has 12 heavy (non-hydrogen) atoms. The molecule has 5 heteroatoms. The summed E-state index contributed by atoms with van der Waals surface area (Å²) < 4.78 is 4.92. The molecule has 0 aromatic carbocycles. The molecule has 1 atom stereocenters. The summed E-state index contributed by atoms with van der Waals surface area (Å²) in [5, 5.41) is 11.5. The minimum Gasteiger partial charge on any atom is -0.484 e. The Morgan fingerprint density at radius 2 is 2.58 bits per heavy atom. The molecule has 0 aliphatic carbocycles. The molecule has 0 radical (unpaired) electrons. The summed E-state index contributed by atoms with van der Waals surface area (Å²) in [6.07, 6.45) is 0.653. The first kappa shape index (κ1) is 8.99. The average molecular weight is 172 g/mol. The standard InChI is InChI=1S/C7H12N2O3/c1-12-6-2-3-8-5(4-9-6)7(10)11/h5,8H,2-4H2,1H3,(H,10,11). The molecule has 0 amide bonds. The van der Waals surface area contributed by atoms with Crippen LogP contribution in [0.2, 0.25) is 0 Å². The van der Waals surface area contributed by atoms with E-state index in [2.05, 4.69) is 10.3 Å². The fourth-order valence-electron chi connectivity index (χ4n) is 1.02. The Hall–Kier alpha value is -1.10. The average Bonchev–Trinajstić information content (AvgIpc) is 2.28. The zero-order chi connectivity index (χ0) is 8.97. The molecular weight excluding hydrogens is 160 g/mol. The Morgan fingerprint density at radius 1 is 1.83 bits per heavy atom. The van der Waals surface area contributed by atoms with Crippen molar-refractivity contribution in [2.24, 2.45) is 4.99 Å². The Kier molecular flexibility index (Phi) is 3.04. The number of aliphatic carboxylic acids is 1. The number of hydrogen-bond donors (Lipinski definition) is 2. The molecule has 1 unspecified atom stereocenters. The molecule has 1 heterocycles. The van der Waals surface area contributed by atoms with Crippen molar-refractivity contribution < 1.29 is 14.6 Å². The molecule has 1 rings (SSSR count). The summed E-state index contributed by atoms with van der Waals surface area (Å²) in [6.45, 7) is 0.849. The highest BCUT2D eigenvalue weighted by molar-refractivity contribution is 5.79. The monoisotopic (exact) mass is 172 g/mol. The maximum Gasteiger partial charge on any atom is 0.322 e. The van der Waals surface area contributed by atoms with Crippen LogP contribution in [0.5, 0.6) is 0 Å². The second-order valence-electron chi connectivity index (χ2n) is 2.53. The van der Waals surface area contributed by atoms with Crippen LogP contribution >= 0.6 is 0 Å². The van der Waals surface area contributed by atoms with E-state index < -0.39 is 12.0 Å². The lowest BCUT2D eigenvalue weighted by Crippen LogP contribution is -2.38. The topological polar surface area (TPSA) is 70.9 Å². The Balaban J connectivity index is 2.53. The molecular formula is C7H12N2O3. The number of nitrogens with one attached hydrogen (secondary N) is 1. The number of rotatable bonds is 1. The molecule has 0 saturated carbocycles. The first-order valence-electron chi connectivity index (χ1n) is 3.77. The quantitative estimate of drug-likeness (QED) is 0.558. The zero-order valence-electron chi connectivity index (χ0n) is 6.91. The third-order valence-electron chi connectivity index (χ3n) is 1.71. The van der Waals surface area contributed by atoms with Crippen LogP contribution in [0.15, 0.2) is 4.99 Å². The van der Waals surface area contributed by atoms with Crippen molar-refractivity contribution in [2.45, 2.75) is 12.5 Å². The van der Waals surface area contributed by atoms with Gasteiger partial charge in [0.05, 0.1) is 13.7 Å². The number of aliphatic imine (C=N–C) groups is 1. The van der Waals surface area contributed by atoms with Crippen molar-refractivity contribution in [3.8, 4) is 0 Å². The molecule has 0 spiro atoms. The van der Waals surface area contributed by atoms with Gasteiger partial charge in [0.25, 0.3) is 0 Å². The third-order valence-corrected chi connectivity index (χ3v) is 1.71. The third kappa shape index (κ3) is 2.20. The van der Waals surface area contributed by atoms with Crippen LogP contribution in [0.3, 0.4) is 0 Å². The lowest BCUT2D eigenvalue weighted by atomic mass is 10.3.